The SMILES string of the molecule is SSc1ccnc(N2CCOCC2)n1. The largest absolute Gasteiger partial charge is 0.378 e. The molecule has 1 aromatic heterocycles. The number of hydrogen-bond donors (Lipinski definition) is 1. The Kier molecular flexibility index (Phi) is 3.49. The highest BCUT2D eigenvalue weighted by atomic mass is 33.1. The van der Waals surface area contributed by atoms with E-state index in [0.717, 1.165) is 37.3 Å². The first-order valence-corrected chi connectivity index (χ1v) is 6.24. The molecule has 0 radical (unpaired) electrons. The molecule has 0 unspecified atom stereocenters. The van der Waals surface area contributed by atoms with Gasteiger partial charge in [0.25, 0.3) is 0 Å². The monoisotopic (exact) mass is 229 g/mol. The zero-order valence-electron chi connectivity index (χ0n) is 7.59. The Morgan fingerprint density at radius 3 is 2.93 bits per heavy atom. The van der Waals surface area contributed by atoms with E-state index in [1.165, 1.54) is 10.8 Å². The Bertz CT molecular complexity index is 304. The van der Waals surface area contributed by atoms with Gasteiger partial charge in [-0.1, -0.05) is 0 Å². The van der Waals surface area contributed by atoms with Gasteiger partial charge in [0.15, 0.2) is 0 Å². The van der Waals surface area contributed by atoms with Crippen LogP contribution in [0.15, 0.2) is 17.3 Å². The van der Waals surface area contributed by atoms with Gasteiger partial charge < -0.3 is 9.64 Å². The Morgan fingerprint density at radius 2 is 2.21 bits per heavy atom. The van der Waals surface area contributed by atoms with Gasteiger partial charge in [0.05, 0.1) is 13.2 Å². The van der Waals surface area contributed by atoms with Crippen molar-refractivity contribution in [3.8, 4) is 0 Å². The maximum absolute atomic E-state index is 5.26. The number of anilines is 1. The van der Waals surface area contributed by atoms with Crippen LogP contribution < -0.4 is 4.90 Å². The molecule has 0 N–H and O–H groups in total. The summed E-state index contributed by atoms with van der Waals surface area (Å²) in [6.45, 7) is 3.23. The summed E-state index contributed by atoms with van der Waals surface area (Å²) < 4.78 is 5.26. The molecular formula is C8H11N3OS2. The number of hydrogen-bond acceptors (Lipinski definition) is 6. The van der Waals surface area contributed by atoms with Gasteiger partial charge in [0, 0.05) is 19.3 Å². The summed E-state index contributed by atoms with van der Waals surface area (Å²) in [6, 6.07) is 1.85. The molecule has 1 fully saturated rings. The van der Waals surface area contributed by atoms with E-state index in [2.05, 4.69) is 26.5 Å². The van der Waals surface area contributed by atoms with Crippen LogP contribution >= 0.6 is 22.5 Å². The van der Waals surface area contributed by atoms with Gasteiger partial charge in [-0.05, 0) is 16.9 Å². The summed E-state index contributed by atoms with van der Waals surface area (Å²) in [5.74, 6) is 0.771. The van der Waals surface area contributed by atoms with Crippen molar-refractivity contribution in [3.05, 3.63) is 12.3 Å². The molecule has 2 heterocycles. The first-order chi connectivity index (χ1) is 6.90. The smallest absolute Gasteiger partial charge is 0.226 e. The van der Waals surface area contributed by atoms with Crippen LogP contribution in [0.5, 0.6) is 0 Å². The fourth-order valence-corrected chi connectivity index (χ4v) is 1.85. The van der Waals surface area contributed by atoms with Gasteiger partial charge in [-0.2, -0.15) is 0 Å². The molecule has 4 nitrogen and oxygen atoms in total. The normalized spacial score (nSPS) is 17.1. The van der Waals surface area contributed by atoms with E-state index in [-0.39, 0.29) is 0 Å². The molecule has 1 saturated heterocycles. The number of nitrogens with zero attached hydrogens (tertiary/aromatic N) is 3. The second-order valence-corrected chi connectivity index (χ2v) is 4.03. The quantitative estimate of drug-likeness (QED) is 0.469. The predicted molar refractivity (Wildman–Crippen MR) is 59.9 cm³/mol. The second-order valence-electron chi connectivity index (χ2n) is 2.89. The van der Waals surface area contributed by atoms with E-state index in [4.69, 9.17) is 4.74 Å². The minimum atomic E-state index is 0.752. The minimum absolute atomic E-state index is 0.752. The molecule has 76 valence electrons. The Balaban J connectivity index is 2.13. The first-order valence-electron chi connectivity index (χ1n) is 4.37. The third-order valence-electron chi connectivity index (χ3n) is 2.00. The zero-order valence-corrected chi connectivity index (χ0v) is 9.30. The first kappa shape index (κ1) is 10.1. The van der Waals surface area contributed by atoms with Crippen LogP contribution in [-0.2, 0) is 4.74 Å². The summed E-state index contributed by atoms with van der Waals surface area (Å²) in [5, 5.41) is 0.879. The highest BCUT2D eigenvalue weighted by Gasteiger charge is 2.13. The lowest BCUT2D eigenvalue weighted by Crippen LogP contribution is -2.37. The highest BCUT2D eigenvalue weighted by Crippen LogP contribution is 2.20. The molecule has 1 aliphatic rings. The molecular weight excluding hydrogens is 218 g/mol. The molecule has 1 aromatic rings. The van der Waals surface area contributed by atoms with Gasteiger partial charge in [-0.3, -0.25) is 0 Å². The van der Waals surface area contributed by atoms with Crippen LogP contribution in [0.25, 0.3) is 0 Å². The number of rotatable bonds is 2. The van der Waals surface area contributed by atoms with E-state index in [0.29, 0.717) is 0 Å². The zero-order chi connectivity index (χ0) is 9.80. The molecule has 2 rings (SSSR count). The van der Waals surface area contributed by atoms with E-state index in [9.17, 15) is 0 Å². The van der Waals surface area contributed by atoms with Crippen LogP contribution in [0.1, 0.15) is 0 Å². The molecule has 6 heteroatoms. The molecule has 0 aromatic carbocycles. The van der Waals surface area contributed by atoms with Crippen LogP contribution in [0.3, 0.4) is 0 Å². The van der Waals surface area contributed by atoms with Crippen molar-refractivity contribution in [2.24, 2.45) is 0 Å². The van der Waals surface area contributed by atoms with Crippen molar-refractivity contribution in [2.45, 2.75) is 5.03 Å². The summed E-state index contributed by atoms with van der Waals surface area (Å²) in [4.78, 5) is 10.7. The van der Waals surface area contributed by atoms with Gasteiger partial charge in [-0.25, -0.2) is 9.97 Å². The second kappa shape index (κ2) is 4.86. The number of morpholine rings is 1. The van der Waals surface area contributed by atoms with E-state index >= 15 is 0 Å². The number of thiol groups is 1. The fraction of sp³-hybridized carbons (Fsp3) is 0.500. The predicted octanol–water partition coefficient (Wildman–Crippen LogP) is 1.25. The standard InChI is InChI=1S/C8H11N3OS2/c13-14-7-1-2-9-8(10-7)11-3-5-12-6-4-11/h1-2,13H,3-6H2. The maximum atomic E-state index is 5.26. The maximum Gasteiger partial charge on any atom is 0.226 e. The average molecular weight is 229 g/mol. The summed E-state index contributed by atoms with van der Waals surface area (Å²) in [5.41, 5.74) is 0. The third kappa shape index (κ3) is 2.31. The van der Waals surface area contributed by atoms with Crippen LogP contribution in [0.2, 0.25) is 0 Å². The molecule has 14 heavy (non-hydrogen) atoms. The lowest BCUT2D eigenvalue weighted by molar-refractivity contribution is 0.122. The van der Waals surface area contributed by atoms with Crippen molar-refractivity contribution in [3.63, 3.8) is 0 Å². The molecule has 0 aliphatic carbocycles. The van der Waals surface area contributed by atoms with Gasteiger partial charge >= 0.3 is 0 Å². The van der Waals surface area contributed by atoms with Crippen LogP contribution in [0.4, 0.5) is 5.95 Å². The van der Waals surface area contributed by atoms with Crippen molar-refractivity contribution < 1.29 is 4.74 Å². The lowest BCUT2D eigenvalue weighted by Gasteiger charge is -2.26. The molecule has 0 atom stereocenters. The van der Waals surface area contributed by atoms with Crippen molar-refractivity contribution >= 4 is 28.4 Å². The van der Waals surface area contributed by atoms with Crippen molar-refractivity contribution in [1.29, 1.82) is 0 Å². The average Bonchev–Trinajstić information content (AvgIpc) is 2.30. The summed E-state index contributed by atoms with van der Waals surface area (Å²) in [6.07, 6.45) is 1.76. The molecule has 1 aliphatic heterocycles. The van der Waals surface area contributed by atoms with E-state index in [1.807, 2.05) is 6.07 Å². The highest BCUT2D eigenvalue weighted by molar-refractivity contribution is 8.68. The van der Waals surface area contributed by atoms with E-state index < -0.39 is 0 Å². The molecule has 0 saturated carbocycles. The summed E-state index contributed by atoms with van der Waals surface area (Å²) in [7, 11) is 1.33. The van der Waals surface area contributed by atoms with Crippen molar-refractivity contribution in [2.75, 3.05) is 31.2 Å². The van der Waals surface area contributed by atoms with Gasteiger partial charge in [0.1, 0.15) is 5.03 Å². The Hall–Kier alpha value is -0.460. The molecule has 0 spiro atoms. The Morgan fingerprint density at radius 1 is 1.43 bits per heavy atom. The number of ether oxygens (including phenoxy) is 1. The van der Waals surface area contributed by atoms with Crippen LogP contribution in [0, 0.1) is 0 Å². The minimum Gasteiger partial charge on any atom is -0.378 e. The molecule has 0 amide bonds. The molecule has 0 bridgehead atoms. The Labute approximate surface area is 91.9 Å². The fourth-order valence-electron chi connectivity index (χ4n) is 1.30. The van der Waals surface area contributed by atoms with Crippen molar-refractivity contribution in [1.82, 2.24) is 9.97 Å². The van der Waals surface area contributed by atoms with Crippen LogP contribution in [-0.4, -0.2) is 36.3 Å². The van der Waals surface area contributed by atoms with Gasteiger partial charge in [-0.15, -0.1) is 11.7 Å². The van der Waals surface area contributed by atoms with Gasteiger partial charge in [0.2, 0.25) is 5.95 Å². The summed E-state index contributed by atoms with van der Waals surface area (Å²) >= 11 is 4.10. The lowest BCUT2D eigenvalue weighted by atomic mass is 10.4. The number of aromatic nitrogens is 2. The van der Waals surface area contributed by atoms with E-state index in [1.54, 1.807) is 6.20 Å². The third-order valence-corrected chi connectivity index (χ3v) is 2.98. The topological polar surface area (TPSA) is 38.2 Å².